The molecule has 3 aromatic carbocycles. The fraction of sp³-hybridized carbons (Fsp3) is 0.179. The molecule has 0 saturated carbocycles. The molecule has 5 rings (SSSR count). The van der Waals surface area contributed by atoms with Gasteiger partial charge in [0.25, 0.3) is 11.8 Å². The average Bonchev–Trinajstić information content (AvgIpc) is 3.42. The molecule has 0 aliphatic carbocycles. The van der Waals surface area contributed by atoms with Crippen LogP contribution in [0.3, 0.4) is 0 Å². The largest absolute Gasteiger partial charge is 0.383 e. The maximum Gasteiger partial charge on any atom is 0.291 e. The number of aryl methyl sites for hydroxylation is 1. The molecular weight excluding hydrogens is 452 g/mol. The quantitative estimate of drug-likeness (QED) is 0.267. The van der Waals surface area contributed by atoms with Gasteiger partial charge in [0.2, 0.25) is 0 Å². The Morgan fingerprint density at radius 1 is 1.08 bits per heavy atom. The molecule has 2 aromatic heterocycles. The minimum atomic E-state index is -0.494. The summed E-state index contributed by atoms with van der Waals surface area (Å²) in [5.41, 5.74) is 12.2. The Bertz CT molecular complexity index is 1640. The van der Waals surface area contributed by atoms with Crippen LogP contribution in [-0.2, 0) is 7.05 Å². The van der Waals surface area contributed by atoms with Gasteiger partial charge in [-0.2, -0.15) is 0 Å². The van der Waals surface area contributed by atoms with E-state index >= 15 is 0 Å². The van der Waals surface area contributed by atoms with Gasteiger partial charge < -0.3 is 25.9 Å². The van der Waals surface area contributed by atoms with E-state index in [9.17, 15) is 9.59 Å². The van der Waals surface area contributed by atoms with Gasteiger partial charge in [0.15, 0.2) is 5.82 Å². The number of imidazole rings is 1. The van der Waals surface area contributed by atoms with Crippen molar-refractivity contribution in [1.29, 1.82) is 0 Å². The lowest BCUT2D eigenvalue weighted by atomic mass is 9.93. The molecule has 5 aromatic rings. The number of amides is 2. The number of carbonyl (C=O) groups excluding carboxylic acids is 2. The number of anilines is 2. The van der Waals surface area contributed by atoms with Crippen LogP contribution in [0.1, 0.15) is 40.4 Å². The number of carbonyl (C=O) groups is 2. The first-order valence-corrected chi connectivity index (χ1v) is 11.8. The molecule has 0 bridgehead atoms. The smallest absolute Gasteiger partial charge is 0.291 e. The van der Waals surface area contributed by atoms with Gasteiger partial charge in [-0.1, -0.05) is 24.3 Å². The van der Waals surface area contributed by atoms with E-state index in [0.717, 1.165) is 38.7 Å². The van der Waals surface area contributed by atoms with E-state index in [4.69, 9.17) is 5.73 Å². The SMILES string of the molecule is Cc1c(NC(=O)c2nccn2C)cccc1-c1ccc(C(N)=O)c2[nH]c3cc(NC(C)C)ccc3c12. The number of nitrogens with one attached hydrogen (secondary N) is 3. The number of hydrogen-bond donors (Lipinski definition) is 4. The van der Waals surface area contributed by atoms with Crippen molar-refractivity contribution in [1.82, 2.24) is 14.5 Å². The molecule has 0 aliphatic rings. The molecule has 0 fully saturated rings. The van der Waals surface area contributed by atoms with E-state index in [-0.39, 0.29) is 11.9 Å². The molecule has 36 heavy (non-hydrogen) atoms. The summed E-state index contributed by atoms with van der Waals surface area (Å²) in [6.07, 6.45) is 3.32. The van der Waals surface area contributed by atoms with Gasteiger partial charge in [0.05, 0.1) is 11.1 Å². The number of nitrogens with two attached hydrogens (primary N) is 1. The van der Waals surface area contributed by atoms with Gasteiger partial charge in [-0.3, -0.25) is 9.59 Å². The number of fused-ring (bicyclic) bond motifs is 3. The van der Waals surface area contributed by atoms with Gasteiger partial charge in [0, 0.05) is 53.1 Å². The summed E-state index contributed by atoms with van der Waals surface area (Å²) >= 11 is 0. The number of H-pyrrole nitrogens is 1. The first-order valence-electron chi connectivity index (χ1n) is 11.8. The Morgan fingerprint density at radius 2 is 1.89 bits per heavy atom. The highest BCUT2D eigenvalue weighted by atomic mass is 16.2. The van der Waals surface area contributed by atoms with Crippen molar-refractivity contribution in [2.45, 2.75) is 26.8 Å². The molecule has 8 nitrogen and oxygen atoms in total. The van der Waals surface area contributed by atoms with Crippen LogP contribution < -0.4 is 16.4 Å². The standard InChI is InChI=1S/C28H28N6O2/c1-15(2)31-17-8-9-20-23(14-17)32-25-21(26(29)35)11-10-19(24(20)25)18-6-5-7-22(16(18)3)33-28(36)27-30-12-13-34(27)4/h5-15,31-32H,1-4H3,(H2,29,35)(H,33,36). The molecule has 8 heteroatoms. The van der Waals surface area contributed by atoms with Gasteiger partial charge >= 0.3 is 0 Å². The summed E-state index contributed by atoms with van der Waals surface area (Å²) in [5, 5.41) is 8.30. The van der Waals surface area contributed by atoms with Gasteiger partial charge in [0.1, 0.15) is 0 Å². The highest BCUT2D eigenvalue weighted by molar-refractivity contribution is 6.20. The molecule has 0 atom stereocenters. The molecular formula is C28H28N6O2. The normalized spacial score (nSPS) is 11.4. The van der Waals surface area contributed by atoms with Crippen molar-refractivity contribution in [2.24, 2.45) is 12.8 Å². The van der Waals surface area contributed by atoms with E-state index in [1.807, 2.05) is 43.3 Å². The van der Waals surface area contributed by atoms with Crippen LogP contribution in [0.15, 0.2) is 60.9 Å². The molecule has 0 saturated heterocycles. The lowest BCUT2D eigenvalue weighted by Gasteiger charge is -2.14. The van der Waals surface area contributed by atoms with Crippen LogP contribution in [0.2, 0.25) is 0 Å². The monoisotopic (exact) mass is 480 g/mol. The van der Waals surface area contributed by atoms with Crippen LogP contribution in [0.4, 0.5) is 11.4 Å². The third kappa shape index (κ3) is 3.96. The highest BCUT2D eigenvalue weighted by Gasteiger charge is 2.19. The zero-order valence-corrected chi connectivity index (χ0v) is 20.6. The van der Waals surface area contributed by atoms with Gasteiger partial charge in [-0.05, 0) is 61.7 Å². The maximum atomic E-state index is 12.8. The van der Waals surface area contributed by atoms with Gasteiger partial charge in [-0.25, -0.2) is 4.98 Å². The first kappa shape index (κ1) is 23.2. The number of aromatic amines is 1. The van der Waals surface area contributed by atoms with Crippen molar-refractivity contribution >= 4 is 45.0 Å². The zero-order chi connectivity index (χ0) is 25.6. The molecule has 0 unspecified atom stereocenters. The lowest BCUT2D eigenvalue weighted by molar-refractivity contribution is 0.0996. The minimum Gasteiger partial charge on any atom is -0.383 e. The molecule has 2 amide bonds. The minimum absolute atomic E-state index is 0.283. The number of aromatic nitrogens is 3. The summed E-state index contributed by atoms with van der Waals surface area (Å²) in [6, 6.07) is 15.9. The predicted octanol–water partition coefficient (Wildman–Crippen LogP) is 5.20. The molecule has 2 heterocycles. The van der Waals surface area contributed by atoms with E-state index in [2.05, 4.69) is 40.5 Å². The van der Waals surface area contributed by atoms with Gasteiger partial charge in [-0.15, -0.1) is 0 Å². The first-order chi connectivity index (χ1) is 17.2. The second-order valence-corrected chi connectivity index (χ2v) is 9.25. The maximum absolute atomic E-state index is 12.8. The Labute approximate surface area is 208 Å². The second kappa shape index (κ2) is 8.88. The summed E-state index contributed by atoms with van der Waals surface area (Å²) in [7, 11) is 1.78. The van der Waals surface area contributed by atoms with E-state index in [0.29, 0.717) is 22.6 Å². The van der Waals surface area contributed by atoms with Crippen molar-refractivity contribution in [3.05, 3.63) is 77.9 Å². The van der Waals surface area contributed by atoms with E-state index in [1.54, 1.807) is 30.1 Å². The van der Waals surface area contributed by atoms with Crippen LogP contribution in [-0.4, -0.2) is 32.4 Å². The van der Waals surface area contributed by atoms with E-state index < -0.39 is 5.91 Å². The van der Waals surface area contributed by atoms with Crippen molar-refractivity contribution in [3.8, 4) is 11.1 Å². The van der Waals surface area contributed by atoms with Crippen molar-refractivity contribution in [3.63, 3.8) is 0 Å². The number of rotatable bonds is 6. The third-order valence-corrected chi connectivity index (χ3v) is 6.37. The second-order valence-electron chi connectivity index (χ2n) is 9.25. The molecule has 5 N–H and O–H groups in total. The topological polar surface area (TPSA) is 118 Å². The Hall–Kier alpha value is -4.59. The Kier molecular flexibility index (Phi) is 5.72. The Balaban J connectivity index is 1.67. The lowest BCUT2D eigenvalue weighted by Crippen LogP contribution is -2.17. The summed E-state index contributed by atoms with van der Waals surface area (Å²) < 4.78 is 1.68. The third-order valence-electron chi connectivity index (χ3n) is 6.37. The number of primary amides is 1. The number of nitrogens with zero attached hydrogens (tertiary/aromatic N) is 2. The molecule has 182 valence electrons. The van der Waals surface area contributed by atoms with Crippen LogP contribution in [0, 0.1) is 6.92 Å². The van der Waals surface area contributed by atoms with Crippen LogP contribution in [0.25, 0.3) is 32.9 Å². The fourth-order valence-electron chi connectivity index (χ4n) is 4.69. The highest BCUT2D eigenvalue weighted by Crippen LogP contribution is 2.39. The number of hydrogen-bond acceptors (Lipinski definition) is 4. The van der Waals surface area contributed by atoms with Crippen molar-refractivity contribution in [2.75, 3.05) is 10.6 Å². The van der Waals surface area contributed by atoms with E-state index in [1.165, 1.54) is 0 Å². The van der Waals surface area contributed by atoms with Crippen LogP contribution in [0.5, 0.6) is 0 Å². The Morgan fingerprint density at radius 3 is 2.58 bits per heavy atom. The molecule has 0 spiro atoms. The fourth-order valence-corrected chi connectivity index (χ4v) is 4.69. The molecule has 0 aliphatic heterocycles. The summed E-state index contributed by atoms with van der Waals surface area (Å²) in [4.78, 5) is 32.6. The predicted molar refractivity (Wildman–Crippen MR) is 144 cm³/mol. The van der Waals surface area contributed by atoms with Crippen molar-refractivity contribution < 1.29 is 9.59 Å². The summed E-state index contributed by atoms with van der Waals surface area (Å²) in [6.45, 7) is 6.14. The number of benzene rings is 3. The zero-order valence-electron chi connectivity index (χ0n) is 20.6. The summed E-state index contributed by atoms with van der Waals surface area (Å²) in [5.74, 6) is -0.448. The van der Waals surface area contributed by atoms with Crippen LogP contribution >= 0.6 is 0 Å². The molecule has 0 radical (unpaired) electrons. The average molecular weight is 481 g/mol.